The zero-order chi connectivity index (χ0) is 16.6. The fourth-order valence-electron chi connectivity index (χ4n) is 1.79. The minimum absolute atomic E-state index is 0.0534. The van der Waals surface area contributed by atoms with Crippen LogP contribution in [0.5, 0.6) is 0 Å². The van der Waals surface area contributed by atoms with Gasteiger partial charge in [-0.3, -0.25) is 4.99 Å². The van der Waals surface area contributed by atoms with E-state index in [1.807, 2.05) is 6.07 Å². The van der Waals surface area contributed by atoms with Gasteiger partial charge in [-0.15, -0.1) is 0 Å². The third-order valence-corrected chi connectivity index (χ3v) is 4.36. The van der Waals surface area contributed by atoms with Gasteiger partial charge in [-0.05, 0) is 30.5 Å². The van der Waals surface area contributed by atoms with Crippen molar-refractivity contribution >= 4 is 31.7 Å². The summed E-state index contributed by atoms with van der Waals surface area (Å²) in [6.45, 7) is 0.925. The molecule has 0 aromatic heterocycles. The van der Waals surface area contributed by atoms with Crippen molar-refractivity contribution in [3.63, 3.8) is 0 Å². The molecule has 0 fully saturated rings. The van der Waals surface area contributed by atoms with Gasteiger partial charge in [0.2, 0.25) is 0 Å². The van der Waals surface area contributed by atoms with Crippen LogP contribution in [0.15, 0.2) is 27.7 Å². The second-order valence-electron chi connectivity index (χ2n) is 4.89. The van der Waals surface area contributed by atoms with Crippen molar-refractivity contribution in [3.05, 3.63) is 34.1 Å². The lowest BCUT2D eigenvalue weighted by atomic mass is 10.1. The average Bonchev–Trinajstić information content (AvgIpc) is 2.42. The summed E-state index contributed by atoms with van der Waals surface area (Å²) in [5.41, 5.74) is 0.671. The molecule has 1 aromatic rings. The molecule has 0 spiro atoms. The second kappa shape index (κ2) is 9.09. The van der Waals surface area contributed by atoms with Crippen LogP contribution < -0.4 is 10.6 Å². The van der Waals surface area contributed by atoms with Gasteiger partial charge in [0.25, 0.3) is 0 Å². The lowest BCUT2D eigenvalue weighted by Crippen LogP contribution is -2.40. The van der Waals surface area contributed by atoms with Gasteiger partial charge >= 0.3 is 0 Å². The van der Waals surface area contributed by atoms with Crippen molar-refractivity contribution in [1.29, 1.82) is 0 Å². The second-order valence-corrected chi connectivity index (χ2v) is 8.07. The fraction of sp³-hybridized carbons (Fsp3) is 0.500. The van der Waals surface area contributed by atoms with E-state index in [1.54, 1.807) is 13.1 Å². The normalized spacial score (nSPS) is 12.3. The number of aliphatic imine (C=N–C) groups is 1. The van der Waals surface area contributed by atoms with Crippen LogP contribution in [-0.2, 0) is 16.3 Å². The average molecular weight is 394 g/mol. The lowest BCUT2D eigenvalue weighted by Gasteiger charge is -2.11. The van der Waals surface area contributed by atoms with E-state index in [9.17, 15) is 12.8 Å². The molecule has 0 amide bonds. The number of sulfone groups is 1. The van der Waals surface area contributed by atoms with Gasteiger partial charge in [0.05, 0.1) is 5.75 Å². The number of aryl methyl sites for hydroxylation is 1. The van der Waals surface area contributed by atoms with E-state index in [4.69, 9.17) is 0 Å². The van der Waals surface area contributed by atoms with Gasteiger partial charge in [0.15, 0.2) is 5.96 Å². The highest BCUT2D eigenvalue weighted by molar-refractivity contribution is 9.10. The van der Waals surface area contributed by atoms with E-state index in [1.165, 1.54) is 12.3 Å². The van der Waals surface area contributed by atoms with Crippen LogP contribution in [-0.4, -0.2) is 46.5 Å². The number of guanidine groups is 1. The summed E-state index contributed by atoms with van der Waals surface area (Å²) in [6.07, 6.45) is 2.55. The van der Waals surface area contributed by atoms with Crippen LogP contribution >= 0.6 is 15.9 Å². The lowest BCUT2D eigenvalue weighted by molar-refractivity contribution is 0.600. The Balaban J connectivity index is 2.30. The van der Waals surface area contributed by atoms with E-state index >= 15 is 0 Å². The SMILES string of the molecule is CN=C(NCCCc1ccc(Br)cc1F)NCCS(C)(=O)=O. The highest BCUT2D eigenvalue weighted by Gasteiger charge is 2.04. The van der Waals surface area contributed by atoms with Gasteiger partial charge < -0.3 is 10.6 Å². The summed E-state index contributed by atoms with van der Waals surface area (Å²) in [5.74, 6) is 0.377. The highest BCUT2D eigenvalue weighted by atomic mass is 79.9. The first-order chi connectivity index (χ1) is 10.3. The van der Waals surface area contributed by atoms with E-state index in [0.717, 1.165) is 10.9 Å². The number of rotatable bonds is 7. The topological polar surface area (TPSA) is 70.6 Å². The quantitative estimate of drug-likeness (QED) is 0.420. The Bertz CT molecular complexity index is 621. The van der Waals surface area contributed by atoms with Gasteiger partial charge in [-0.2, -0.15) is 0 Å². The Kier molecular flexibility index (Phi) is 7.81. The summed E-state index contributed by atoms with van der Waals surface area (Å²) in [4.78, 5) is 4.00. The van der Waals surface area contributed by atoms with Gasteiger partial charge in [-0.1, -0.05) is 22.0 Å². The predicted octanol–water partition coefficient (Wildman–Crippen LogP) is 1.73. The van der Waals surface area contributed by atoms with Crippen molar-refractivity contribution < 1.29 is 12.8 Å². The van der Waals surface area contributed by atoms with Crippen molar-refractivity contribution in [2.24, 2.45) is 4.99 Å². The van der Waals surface area contributed by atoms with Crippen molar-refractivity contribution in [1.82, 2.24) is 10.6 Å². The molecule has 0 radical (unpaired) electrons. The number of nitrogens with one attached hydrogen (secondary N) is 2. The number of hydrogen-bond donors (Lipinski definition) is 2. The Labute approximate surface area is 139 Å². The number of hydrogen-bond acceptors (Lipinski definition) is 3. The molecular formula is C14H21BrFN3O2S. The molecule has 0 bridgehead atoms. The Morgan fingerprint density at radius 1 is 1.32 bits per heavy atom. The van der Waals surface area contributed by atoms with Crippen LogP contribution in [0.25, 0.3) is 0 Å². The molecule has 0 aliphatic rings. The molecule has 8 heteroatoms. The van der Waals surface area contributed by atoms with Gasteiger partial charge in [0.1, 0.15) is 15.7 Å². The first-order valence-electron chi connectivity index (χ1n) is 6.88. The molecule has 0 unspecified atom stereocenters. The largest absolute Gasteiger partial charge is 0.356 e. The smallest absolute Gasteiger partial charge is 0.191 e. The predicted molar refractivity (Wildman–Crippen MR) is 91.5 cm³/mol. The van der Waals surface area contributed by atoms with E-state index in [-0.39, 0.29) is 11.6 Å². The van der Waals surface area contributed by atoms with Crippen LogP contribution in [0, 0.1) is 5.82 Å². The number of halogens is 2. The maximum atomic E-state index is 13.6. The molecule has 1 aromatic carbocycles. The van der Waals surface area contributed by atoms with Crippen LogP contribution in [0.4, 0.5) is 4.39 Å². The zero-order valence-electron chi connectivity index (χ0n) is 12.7. The third kappa shape index (κ3) is 7.74. The standard InChI is InChI=1S/C14H21BrFN3O2S/c1-17-14(19-8-9-22(2,20)21)18-7-3-4-11-5-6-12(15)10-13(11)16/h5-6,10H,3-4,7-9H2,1-2H3,(H2,17,18,19). The zero-order valence-corrected chi connectivity index (χ0v) is 15.1. The summed E-state index contributed by atoms with van der Waals surface area (Å²) >= 11 is 3.23. The molecule has 0 atom stereocenters. The van der Waals surface area contributed by atoms with E-state index < -0.39 is 9.84 Å². The molecule has 0 aliphatic carbocycles. The Morgan fingerprint density at radius 3 is 2.59 bits per heavy atom. The molecule has 0 heterocycles. The molecule has 1 rings (SSSR count). The highest BCUT2D eigenvalue weighted by Crippen LogP contribution is 2.16. The van der Waals surface area contributed by atoms with Crippen LogP contribution in [0.1, 0.15) is 12.0 Å². The molecule has 0 aliphatic heterocycles. The summed E-state index contributed by atoms with van der Waals surface area (Å²) in [6, 6.07) is 5.03. The molecular weight excluding hydrogens is 373 g/mol. The molecule has 2 N–H and O–H groups in total. The maximum absolute atomic E-state index is 13.6. The van der Waals surface area contributed by atoms with Crippen LogP contribution in [0.3, 0.4) is 0 Å². The van der Waals surface area contributed by atoms with E-state index in [0.29, 0.717) is 31.0 Å². The van der Waals surface area contributed by atoms with Gasteiger partial charge in [-0.25, -0.2) is 12.8 Å². The molecule has 0 saturated heterocycles. The maximum Gasteiger partial charge on any atom is 0.191 e. The number of nitrogens with zero attached hydrogens (tertiary/aromatic N) is 1. The van der Waals surface area contributed by atoms with E-state index in [2.05, 4.69) is 31.6 Å². The summed E-state index contributed by atoms with van der Waals surface area (Å²) in [7, 11) is -1.37. The summed E-state index contributed by atoms with van der Waals surface area (Å²) < 4.78 is 36.4. The Morgan fingerprint density at radius 2 is 2.00 bits per heavy atom. The molecule has 0 saturated carbocycles. The number of benzene rings is 1. The van der Waals surface area contributed by atoms with Crippen molar-refractivity contribution in [2.75, 3.05) is 32.1 Å². The first-order valence-corrected chi connectivity index (χ1v) is 9.73. The molecule has 22 heavy (non-hydrogen) atoms. The van der Waals surface area contributed by atoms with Crippen molar-refractivity contribution in [3.8, 4) is 0 Å². The monoisotopic (exact) mass is 393 g/mol. The Hall–Kier alpha value is -1.15. The minimum Gasteiger partial charge on any atom is -0.356 e. The minimum atomic E-state index is -2.99. The third-order valence-electron chi connectivity index (χ3n) is 2.92. The fourth-order valence-corrected chi connectivity index (χ4v) is 2.59. The first kappa shape index (κ1) is 18.9. The van der Waals surface area contributed by atoms with Gasteiger partial charge in [0, 0.05) is 30.9 Å². The molecule has 5 nitrogen and oxygen atoms in total. The van der Waals surface area contributed by atoms with Crippen molar-refractivity contribution in [2.45, 2.75) is 12.8 Å². The molecule has 124 valence electrons. The summed E-state index contributed by atoms with van der Waals surface area (Å²) in [5, 5.41) is 5.99. The van der Waals surface area contributed by atoms with Crippen LogP contribution in [0.2, 0.25) is 0 Å².